The molecule has 3 aliphatic heterocycles. The smallest absolute Gasteiger partial charge is 0.229 e. The first-order valence-corrected chi connectivity index (χ1v) is 18.8. The van der Waals surface area contributed by atoms with Crippen LogP contribution in [0.3, 0.4) is 0 Å². The number of sulfone groups is 1. The van der Waals surface area contributed by atoms with Gasteiger partial charge in [-0.05, 0) is 74.4 Å². The Morgan fingerprint density at radius 3 is 2.09 bits per heavy atom. The summed E-state index contributed by atoms with van der Waals surface area (Å²) < 4.78 is 52.4. The Morgan fingerprint density at radius 1 is 0.837 bits per heavy atom. The van der Waals surface area contributed by atoms with Crippen molar-refractivity contribution in [3.8, 4) is 0 Å². The number of benzene rings is 2. The van der Waals surface area contributed by atoms with Crippen LogP contribution in [0.25, 0.3) is 0 Å². The molecule has 4 fully saturated rings. The van der Waals surface area contributed by atoms with Crippen molar-refractivity contribution in [1.82, 2.24) is 14.1 Å². The van der Waals surface area contributed by atoms with E-state index >= 15 is 0 Å². The highest BCUT2D eigenvalue weighted by molar-refractivity contribution is 7.90. The van der Waals surface area contributed by atoms with Crippen molar-refractivity contribution >= 4 is 38.2 Å². The zero-order valence-electron chi connectivity index (χ0n) is 24.9. The van der Waals surface area contributed by atoms with E-state index in [1.165, 1.54) is 11.8 Å². The first-order chi connectivity index (χ1) is 20.0. The molecule has 43 heavy (non-hydrogen) atoms. The molecule has 3 saturated heterocycles. The molecule has 3 heterocycles. The molecule has 1 saturated carbocycles. The molecule has 0 bridgehead atoms. The highest BCUT2D eigenvalue weighted by atomic mass is 35.5. The normalized spacial score (nSPS) is 25.4. The third kappa shape index (κ3) is 6.69. The minimum absolute atomic E-state index is 0. The Bertz CT molecular complexity index is 1490. The Labute approximate surface area is 263 Å². The first-order valence-electron chi connectivity index (χ1n) is 15.4. The summed E-state index contributed by atoms with van der Waals surface area (Å²) in [5.41, 5.74) is 1.83. The van der Waals surface area contributed by atoms with E-state index in [9.17, 15) is 21.6 Å². The topological polar surface area (TPSA) is 95.1 Å². The lowest BCUT2D eigenvalue weighted by Gasteiger charge is -2.39. The zero-order valence-corrected chi connectivity index (χ0v) is 27.4. The molecule has 2 unspecified atom stereocenters. The van der Waals surface area contributed by atoms with E-state index in [0.29, 0.717) is 24.5 Å². The van der Waals surface area contributed by atoms with Gasteiger partial charge in [0.05, 0.1) is 15.6 Å². The molecule has 1 aliphatic carbocycles. The monoisotopic (exact) mass is 649 g/mol. The summed E-state index contributed by atoms with van der Waals surface area (Å²) in [4.78, 5) is 18.3. The minimum Gasteiger partial charge on any atom is -0.338 e. The SMILES string of the molecule is CS(=O)(=O)c1ccc(CN2CCC3(CCN(CC4CN(S(=O)(=O)C5CCCC5)CC4c4ccccc4)CC3)C2=O)cc1.Cl. The van der Waals surface area contributed by atoms with E-state index in [-0.39, 0.29) is 40.8 Å². The molecule has 4 aliphatic rings. The molecular formula is C32H44ClN3O5S2. The average molecular weight is 650 g/mol. The summed E-state index contributed by atoms with van der Waals surface area (Å²) in [6.45, 7) is 4.89. The molecule has 2 aromatic carbocycles. The summed E-state index contributed by atoms with van der Waals surface area (Å²) in [6.07, 6.45) is 7.27. The van der Waals surface area contributed by atoms with Crippen LogP contribution in [-0.2, 0) is 31.2 Å². The Morgan fingerprint density at radius 2 is 1.47 bits per heavy atom. The van der Waals surface area contributed by atoms with Gasteiger partial charge in [-0.1, -0.05) is 55.3 Å². The van der Waals surface area contributed by atoms with Crippen LogP contribution in [0.1, 0.15) is 62.0 Å². The maximum atomic E-state index is 13.6. The van der Waals surface area contributed by atoms with E-state index in [1.54, 1.807) is 28.6 Å². The molecule has 2 aromatic rings. The zero-order chi connectivity index (χ0) is 29.5. The van der Waals surface area contributed by atoms with Crippen molar-refractivity contribution in [1.29, 1.82) is 0 Å². The van der Waals surface area contributed by atoms with Crippen molar-refractivity contribution in [2.45, 2.75) is 67.6 Å². The van der Waals surface area contributed by atoms with Crippen LogP contribution in [0.2, 0.25) is 0 Å². The minimum atomic E-state index is -3.29. The summed E-state index contributed by atoms with van der Waals surface area (Å²) in [5, 5.41) is -0.225. The number of piperidine rings is 1. The van der Waals surface area contributed by atoms with Crippen LogP contribution in [0.15, 0.2) is 59.5 Å². The van der Waals surface area contributed by atoms with Gasteiger partial charge in [0.25, 0.3) is 0 Å². The van der Waals surface area contributed by atoms with Crippen molar-refractivity contribution in [2.75, 3.05) is 45.5 Å². The number of amides is 1. The van der Waals surface area contributed by atoms with Gasteiger partial charge in [0, 0.05) is 44.9 Å². The van der Waals surface area contributed by atoms with E-state index in [0.717, 1.165) is 76.7 Å². The van der Waals surface area contributed by atoms with Gasteiger partial charge in [-0.25, -0.2) is 21.1 Å². The van der Waals surface area contributed by atoms with Gasteiger partial charge in [0.15, 0.2) is 9.84 Å². The van der Waals surface area contributed by atoms with Crippen LogP contribution < -0.4 is 0 Å². The third-order valence-electron chi connectivity index (χ3n) is 10.4. The number of carbonyl (C=O) groups excluding carboxylic acids is 1. The molecule has 0 N–H and O–H groups in total. The number of halogens is 1. The number of likely N-dealkylation sites (tertiary alicyclic amines) is 2. The molecule has 11 heteroatoms. The second-order valence-corrected chi connectivity index (χ2v) is 17.2. The number of hydrogen-bond acceptors (Lipinski definition) is 6. The van der Waals surface area contributed by atoms with Gasteiger partial charge in [0.1, 0.15) is 0 Å². The number of rotatable bonds is 8. The van der Waals surface area contributed by atoms with Crippen LogP contribution in [0.5, 0.6) is 0 Å². The number of hydrogen-bond donors (Lipinski definition) is 0. The number of nitrogens with zero attached hydrogens (tertiary/aromatic N) is 3. The lowest BCUT2D eigenvalue weighted by molar-refractivity contribution is -0.139. The average Bonchev–Trinajstić information content (AvgIpc) is 3.73. The van der Waals surface area contributed by atoms with Gasteiger partial charge < -0.3 is 9.80 Å². The predicted molar refractivity (Wildman–Crippen MR) is 170 cm³/mol. The largest absolute Gasteiger partial charge is 0.338 e. The van der Waals surface area contributed by atoms with E-state index in [1.807, 2.05) is 23.1 Å². The van der Waals surface area contributed by atoms with Crippen LogP contribution in [0.4, 0.5) is 0 Å². The Hall–Kier alpha value is -1.98. The maximum Gasteiger partial charge on any atom is 0.229 e. The molecule has 2 atom stereocenters. The molecule has 236 valence electrons. The molecular weight excluding hydrogens is 606 g/mol. The second-order valence-electron chi connectivity index (χ2n) is 13.0. The van der Waals surface area contributed by atoms with E-state index < -0.39 is 19.9 Å². The number of sulfonamides is 1. The van der Waals surface area contributed by atoms with Gasteiger partial charge in [-0.3, -0.25) is 4.79 Å². The number of carbonyl (C=O) groups is 1. The predicted octanol–water partition coefficient (Wildman–Crippen LogP) is 4.31. The van der Waals surface area contributed by atoms with Crippen molar-refractivity contribution in [3.63, 3.8) is 0 Å². The highest BCUT2D eigenvalue weighted by Gasteiger charge is 2.49. The lowest BCUT2D eigenvalue weighted by Crippen LogP contribution is -2.46. The molecule has 0 aromatic heterocycles. The molecule has 8 nitrogen and oxygen atoms in total. The fourth-order valence-electron chi connectivity index (χ4n) is 7.76. The van der Waals surface area contributed by atoms with E-state index in [4.69, 9.17) is 0 Å². The maximum absolute atomic E-state index is 13.6. The highest BCUT2D eigenvalue weighted by Crippen LogP contribution is 2.43. The Balaban J connectivity index is 0.00000368. The summed E-state index contributed by atoms with van der Waals surface area (Å²) in [6, 6.07) is 17.2. The van der Waals surface area contributed by atoms with Gasteiger partial charge in [0.2, 0.25) is 15.9 Å². The van der Waals surface area contributed by atoms with Gasteiger partial charge in [-0.2, -0.15) is 0 Å². The van der Waals surface area contributed by atoms with Crippen LogP contribution in [-0.4, -0.2) is 87.6 Å². The fraction of sp³-hybridized carbons (Fsp3) is 0.594. The summed E-state index contributed by atoms with van der Waals surface area (Å²) in [5.74, 6) is 0.616. The molecule has 6 rings (SSSR count). The van der Waals surface area contributed by atoms with Crippen LogP contribution >= 0.6 is 12.4 Å². The fourth-order valence-corrected chi connectivity index (χ4v) is 10.5. The first kappa shape index (κ1) is 32.4. The van der Waals surface area contributed by atoms with Crippen molar-refractivity contribution < 1.29 is 21.6 Å². The van der Waals surface area contributed by atoms with Crippen molar-refractivity contribution in [3.05, 3.63) is 65.7 Å². The van der Waals surface area contributed by atoms with Gasteiger partial charge in [-0.15, -0.1) is 12.4 Å². The van der Waals surface area contributed by atoms with Crippen molar-refractivity contribution in [2.24, 2.45) is 11.3 Å². The third-order valence-corrected chi connectivity index (χ3v) is 13.8. The molecule has 1 amide bonds. The van der Waals surface area contributed by atoms with E-state index in [2.05, 4.69) is 17.0 Å². The molecule has 0 radical (unpaired) electrons. The summed E-state index contributed by atoms with van der Waals surface area (Å²) >= 11 is 0. The van der Waals surface area contributed by atoms with Crippen LogP contribution in [0, 0.1) is 11.3 Å². The molecule has 1 spiro atoms. The second kappa shape index (κ2) is 12.8. The standard InChI is InChI=1S/C32H43N3O5S2.ClH/c1-41(37,38)28-13-11-25(12-14-28)21-34-20-17-32(31(34)36)15-18-33(19-16-32)22-27-23-35(42(39,40)29-9-5-6-10-29)24-30(27)26-7-3-2-4-8-26;/h2-4,7-8,11-14,27,29-30H,5-6,9-10,15-24H2,1H3;1H. The van der Waals surface area contributed by atoms with Gasteiger partial charge >= 0.3 is 0 Å². The quantitative estimate of drug-likeness (QED) is 0.423. The lowest BCUT2D eigenvalue weighted by atomic mass is 9.76. The Kier molecular flexibility index (Phi) is 9.64. The summed E-state index contributed by atoms with van der Waals surface area (Å²) in [7, 11) is -6.53.